The fraction of sp³-hybridized carbons (Fsp3) is 0. The molecule has 0 unspecified atom stereocenters. The Morgan fingerprint density at radius 3 is 0.600 bits per heavy atom. The normalized spacial score (nSPS) is 0. The third kappa shape index (κ3) is 30.1. The number of rotatable bonds is 0. The van der Waals surface area contributed by atoms with Gasteiger partial charge in [-0.3, -0.25) is 0 Å². The summed E-state index contributed by atoms with van der Waals surface area (Å²) in [6.07, 6.45) is 0. The topological polar surface area (TPSA) is 35.0 Å². The van der Waals surface area contributed by atoms with Gasteiger partial charge in [-0.05, 0) is 0 Å². The Hall–Kier alpha value is 1.49. The SMILES string of the molecule is N.[Cl-].[Cl-].[Cl-].[Pd]. The van der Waals surface area contributed by atoms with Crippen LogP contribution in [0.15, 0.2) is 0 Å². The molecular formula is H3Cl3NPd-3. The first-order valence-electron chi connectivity index (χ1n) is 0. The molecule has 0 aliphatic carbocycles. The molecule has 0 aromatic rings. The van der Waals surface area contributed by atoms with Crippen LogP contribution in [0, 0.1) is 0 Å². The second-order valence-electron chi connectivity index (χ2n) is 0. The van der Waals surface area contributed by atoms with E-state index in [9.17, 15) is 0 Å². The fourth-order valence-electron chi connectivity index (χ4n) is 0. The first-order chi connectivity index (χ1) is 0. The van der Waals surface area contributed by atoms with Gasteiger partial charge in [0, 0.05) is 20.4 Å². The maximum atomic E-state index is 0. The molecule has 0 saturated heterocycles. The van der Waals surface area contributed by atoms with E-state index in [1.165, 1.54) is 0 Å². The summed E-state index contributed by atoms with van der Waals surface area (Å²) < 4.78 is 0. The molecule has 5 heavy (non-hydrogen) atoms. The van der Waals surface area contributed by atoms with E-state index in [0.29, 0.717) is 0 Å². The standard InChI is InChI=1S/3ClH.H3N.Pd/h3*1H;1H3;/p-3. The molecule has 0 fully saturated rings. The van der Waals surface area contributed by atoms with Crippen molar-refractivity contribution in [2.45, 2.75) is 0 Å². The largest absolute Gasteiger partial charge is 1.00 e. The minimum Gasteiger partial charge on any atom is -1.00 e. The summed E-state index contributed by atoms with van der Waals surface area (Å²) in [5, 5.41) is 0. The van der Waals surface area contributed by atoms with Crippen molar-refractivity contribution in [3.05, 3.63) is 0 Å². The second kappa shape index (κ2) is 49.8. The molecule has 0 bridgehead atoms. The first kappa shape index (κ1) is 87.9. The summed E-state index contributed by atoms with van der Waals surface area (Å²) in [4.78, 5) is 0. The van der Waals surface area contributed by atoms with E-state index in [1.807, 2.05) is 0 Å². The van der Waals surface area contributed by atoms with Crippen molar-refractivity contribution in [2.24, 2.45) is 0 Å². The van der Waals surface area contributed by atoms with Crippen LogP contribution in [0.2, 0.25) is 0 Å². The van der Waals surface area contributed by atoms with Gasteiger partial charge < -0.3 is 43.4 Å². The van der Waals surface area contributed by atoms with E-state index in [4.69, 9.17) is 0 Å². The Labute approximate surface area is 63.7 Å². The second-order valence-corrected chi connectivity index (χ2v) is 0. The Morgan fingerprint density at radius 1 is 0.600 bits per heavy atom. The van der Waals surface area contributed by atoms with Crippen molar-refractivity contribution in [3.8, 4) is 0 Å². The van der Waals surface area contributed by atoms with Gasteiger partial charge in [0.05, 0.1) is 0 Å². The van der Waals surface area contributed by atoms with Crippen molar-refractivity contribution in [1.29, 1.82) is 0 Å². The minimum absolute atomic E-state index is 0. The Balaban J connectivity index is 0. The van der Waals surface area contributed by atoms with Crippen LogP contribution in [0.25, 0.3) is 0 Å². The quantitative estimate of drug-likeness (QED) is 0.412. The van der Waals surface area contributed by atoms with Crippen molar-refractivity contribution < 1.29 is 57.6 Å². The van der Waals surface area contributed by atoms with Crippen molar-refractivity contribution in [3.63, 3.8) is 0 Å². The molecule has 0 aromatic carbocycles. The van der Waals surface area contributed by atoms with Gasteiger partial charge in [-0.15, -0.1) is 0 Å². The molecule has 0 aliphatic rings. The number of hydrogen-bond acceptors (Lipinski definition) is 1. The van der Waals surface area contributed by atoms with E-state index in [-0.39, 0.29) is 63.8 Å². The molecule has 0 amide bonds. The molecule has 0 radical (unpaired) electrons. The third-order valence-corrected chi connectivity index (χ3v) is 0. The summed E-state index contributed by atoms with van der Waals surface area (Å²) in [7, 11) is 0. The molecule has 0 aliphatic heterocycles. The van der Waals surface area contributed by atoms with Crippen LogP contribution in [0.5, 0.6) is 0 Å². The Kier molecular flexibility index (Phi) is 875. The zero-order chi connectivity index (χ0) is 0. The van der Waals surface area contributed by atoms with Crippen LogP contribution >= 0.6 is 0 Å². The van der Waals surface area contributed by atoms with Crippen molar-refractivity contribution in [1.82, 2.24) is 6.15 Å². The predicted octanol–water partition coefficient (Wildman–Crippen LogP) is -8.83. The molecule has 5 heteroatoms. The fourth-order valence-corrected chi connectivity index (χ4v) is 0. The molecule has 0 heterocycles. The molecule has 0 saturated carbocycles. The van der Waals surface area contributed by atoms with E-state index in [2.05, 4.69) is 0 Å². The van der Waals surface area contributed by atoms with Crippen LogP contribution < -0.4 is 43.4 Å². The molecule has 0 spiro atoms. The van der Waals surface area contributed by atoms with Gasteiger partial charge in [-0.25, -0.2) is 0 Å². The zero-order valence-electron chi connectivity index (χ0n) is 2.16. The monoisotopic (exact) mass is 228 g/mol. The van der Waals surface area contributed by atoms with Gasteiger partial charge in [0.2, 0.25) is 0 Å². The van der Waals surface area contributed by atoms with Gasteiger partial charge in [0.15, 0.2) is 0 Å². The molecule has 0 rings (SSSR count). The summed E-state index contributed by atoms with van der Waals surface area (Å²) in [5.74, 6) is 0. The van der Waals surface area contributed by atoms with E-state index >= 15 is 0 Å². The molecular weight excluding hydrogens is 227 g/mol. The van der Waals surface area contributed by atoms with Crippen LogP contribution in [-0.4, -0.2) is 0 Å². The first-order valence-corrected chi connectivity index (χ1v) is 0. The Morgan fingerprint density at radius 2 is 0.600 bits per heavy atom. The van der Waals surface area contributed by atoms with Crippen LogP contribution in [0.3, 0.4) is 0 Å². The average Bonchev–Trinajstić information content (AvgIpc) is 0. The van der Waals surface area contributed by atoms with E-state index in [0.717, 1.165) is 0 Å². The smallest absolute Gasteiger partial charge is 0 e. The van der Waals surface area contributed by atoms with E-state index in [1.54, 1.807) is 0 Å². The van der Waals surface area contributed by atoms with Crippen LogP contribution in [0.1, 0.15) is 0 Å². The zero-order valence-corrected chi connectivity index (χ0v) is 5.98. The van der Waals surface area contributed by atoms with Gasteiger partial charge in [0.25, 0.3) is 0 Å². The van der Waals surface area contributed by atoms with Crippen molar-refractivity contribution in [2.75, 3.05) is 0 Å². The molecule has 0 aromatic heterocycles. The van der Waals surface area contributed by atoms with Gasteiger partial charge in [-0.1, -0.05) is 0 Å². The van der Waals surface area contributed by atoms with Gasteiger partial charge >= 0.3 is 0 Å². The molecule has 3 N–H and O–H groups in total. The maximum Gasteiger partial charge on any atom is 0 e. The molecule has 1 nitrogen and oxygen atoms in total. The van der Waals surface area contributed by atoms with Crippen molar-refractivity contribution >= 4 is 0 Å². The minimum atomic E-state index is 0. The van der Waals surface area contributed by atoms with Crippen LogP contribution in [0.4, 0.5) is 0 Å². The third-order valence-electron chi connectivity index (χ3n) is 0. The maximum absolute atomic E-state index is 0. The van der Waals surface area contributed by atoms with Gasteiger partial charge in [0.1, 0.15) is 0 Å². The molecule has 42 valence electrons. The number of halogens is 3. The molecule has 0 atom stereocenters. The summed E-state index contributed by atoms with van der Waals surface area (Å²) in [6.45, 7) is 0. The van der Waals surface area contributed by atoms with Crippen LogP contribution in [-0.2, 0) is 20.4 Å². The summed E-state index contributed by atoms with van der Waals surface area (Å²) >= 11 is 0. The van der Waals surface area contributed by atoms with E-state index < -0.39 is 0 Å². The predicted molar refractivity (Wildman–Crippen MR) is 5.02 cm³/mol. The Bertz CT molecular complexity index is 6.85. The average molecular weight is 230 g/mol. The summed E-state index contributed by atoms with van der Waals surface area (Å²) in [5.41, 5.74) is 0. The number of hydrogen-bond donors (Lipinski definition) is 1. The summed E-state index contributed by atoms with van der Waals surface area (Å²) in [6, 6.07) is 0. The van der Waals surface area contributed by atoms with Gasteiger partial charge in [-0.2, -0.15) is 0 Å².